The molecule has 0 aliphatic carbocycles. The Bertz CT molecular complexity index is 911. The van der Waals surface area contributed by atoms with E-state index in [1.165, 1.54) is 11.1 Å². The highest BCUT2D eigenvalue weighted by Gasteiger charge is 2.28. The molecule has 0 aromatic heterocycles. The molecule has 1 amide bonds. The summed E-state index contributed by atoms with van der Waals surface area (Å²) in [6.45, 7) is 4.93. The quantitative estimate of drug-likeness (QED) is 0.507. The van der Waals surface area contributed by atoms with Gasteiger partial charge in [-0.3, -0.25) is 4.79 Å². The minimum Gasteiger partial charge on any atom is -0.352 e. The average molecular weight is 427 g/mol. The molecule has 1 aliphatic heterocycles. The van der Waals surface area contributed by atoms with E-state index < -0.39 is 0 Å². The lowest BCUT2D eigenvalue weighted by Gasteiger charge is -2.37. The van der Waals surface area contributed by atoms with E-state index in [4.69, 9.17) is 0 Å². The van der Waals surface area contributed by atoms with Crippen molar-refractivity contribution in [3.8, 4) is 0 Å². The zero-order chi connectivity index (χ0) is 22.2. The van der Waals surface area contributed by atoms with Gasteiger partial charge >= 0.3 is 0 Å². The number of amides is 1. The van der Waals surface area contributed by atoms with Crippen LogP contribution in [0.25, 0.3) is 0 Å². The molecule has 1 N–H and O–H groups in total. The Kier molecular flexibility index (Phi) is 7.73. The fourth-order valence-electron chi connectivity index (χ4n) is 4.86. The molecule has 4 rings (SSSR count). The van der Waals surface area contributed by atoms with Crippen molar-refractivity contribution in [2.45, 2.75) is 44.7 Å². The maximum atomic E-state index is 12.7. The Morgan fingerprint density at radius 3 is 1.88 bits per heavy atom. The van der Waals surface area contributed by atoms with Crippen LogP contribution < -0.4 is 5.32 Å². The summed E-state index contributed by atoms with van der Waals surface area (Å²) in [6, 6.07) is 32.3. The van der Waals surface area contributed by atoms with Crippen molar-refractivity contribution in [1.29, 1.82) is 0 Å². The Morgan fingerprint density at radius 2 is 1.34 bits per heavy atom. The van der Waals surface area contributed by atoms with Crippen molar-refractivity contribution < 1.29 is 4.79 Å². The zero-order valence-corrected chi connectivity index (χ0v) is 19.0. The Labute approximate surface area is 192 Å². The van der Waals surface area contributed by atoms with Gasteiger partial charge in [-0.25, -0.2) is 0 Å². The maximum Gasteiger partial charge on any atom is 0.223 e. The van der Waals surface area contributed by atoms with Crippen LogP contribution >= 0.6 is 0 Å². The van der Waals surface area contributed by atoms with Crippen molar-refractivity contribution in [2.75, 3.05) is 13.1 Å². The van der Waals surface area contributed by atoms with Gasteiger partial charge in [0.1, 0.15) is 0 Å². The first-order chi connectivity index (χ1) is 15.7. The van der Waals surface area contributed by atoms with Crippen molar-refractivity contribution in [3.63, 3.8) is 0 Å². The third-order valence-corrected chi connectivity index (χ3v) is 6.81. The number of rotatable bonds is 8. The fraction of sp³-hybridized carbons (Fsp3) is 0.345. The fourth-order valence-corrected chi connectivity index (χ4v) is 4.86. The van der Waals surface area contributed by atoms with Crippen LogP contribution in [0.4, 0.5) is 0 Å². The minimum atomic E-state index is 0.126. The Balaban J connectivity index is 1.32. The summed E-state index contributed by atoms with van der Waals surface area (Å²) in [5.74, 6) is 0.716. The molecule has 1 saturated heterocycles. The molecule has 0 bridgehead atoms. The smallest absolute Gasteiger partial charge is 0.223 e. The van der Waals surface area contributed by atoms with Crippen molar-refractivity contribution in [3.05, 3.63) is 108 Å². The number of hydrogen-bond acceptors (Lipinski definition) is 2. The second-order valence-electron chi connectivity index (χ2n) is 8.97. The van der Waals surface area contributed by atoms with Crippen LogP contribution in [-0.2, 0) is 11.3 Å². The maximum absolute atomic E-state index is 12.7. The van der Waals surface area contributed by atoms with E-state index in [0.717, 1.165) is 37.9 Å². The normalized spacial score (nSPS) is 16.1. The summed E-state index contributed by atoms with van der Waals surface area (Å²) < 4.78 is 0. The van der Waals surface area contributed by atoms with Crippen LogP contribution in [0, 0.1) is 5.92 Å². The molecule has 1 fully saturated rings. The molecule has 0 saturated carbocycles. The van der Waals surface area contributed by atoms with E-state index in [9.17, 15) is 4.79 Å². The number of carbonyl (C=O) groups excluding carboxylic acids is 1. The molecule has 0 spiro atoms. The summed E-state index contributed by atoms with van der Waals surface area (Å²) in [7, 11) is 0. The molecule has 1 unspecified atom stereocenters. The molecule has 166 valence electrons. The molecule has 3 heteroatoms. The second-order valence-corrected chi connectivity index (χ2v) is 8.97. The summed E-state index contributed by atoms with van der Waals surface area (Å²) in [5, 5.41) is 3.13. The van der Waals surface area contributed by atoms with Crippen molar-refractivity contribution in [2.24, 2.45) is 5.92 Å². The minimum absolute atomic E-state index is 0.126. The number of hydrogen-bond donors (Lipinski definition) is 1. The van der Waals surface area contributed by atoms with E-state index in [2.05, 4.69) is 89.9 Å². The van der Waals surface area contributed by atoms with Crippen LogP contribution in [0.5, 0.6) is 0 Å². The first-order valence-corrected chi connectivity index (χ1v) is 11.9. The number of benzene rings is 3. The van der Waals surface area contributed by atoms with Gasteiger partial charge in [0.15, 0.2) is 0 Å². The summed E-state index contributed by atoms with van der Waals surface area (Å²) in [5.41, 5.74) is 3.90. The molecular weight excluding hydrogens is 392 g/mol. The standard InChI is InChI=1S/C29H34N2O/c1-23(21-28(25-13-7-3-8-14-25)26-15-9-4-10-16-26)31-19-17-27(18-20-31)29(32)30-22-24-11-5-2-6-12-24/h2-16,23,27-28H,17-22H2,1H3,(H,30,32). The lowest BCUT2D eigenvalue weighted by Crippen LogP contribution is -2.44. The monoisotopic (exact) mass is 426 g/mol. The molecule has 1 atom stereocenters. The number of carbonyl (C=O) groups is 1. The van der Waals surface area contributed by atoms with Gasteiger partial charge in [-0.2, -0.15) is 0 Å². The number of likely N-dealkylation sites (tertiary alicyclic amines) is 1. The predicted molar refractivity (Wildman–Crippen MR) is 131 cm³/mol. The van der Waals surface area contributed by atoms with Crippen LogP contribution in [0.2, 0.25) is 0 Å². The highest BCUT2D eigenvalue weighted by molar-refractivity contribution is 5.78. The van der Waals surface area contributed by atoms with E-state index in [-0.39, 0.29) is 11.8 Å². The van der Waals surface area contributed by atoms with Gasteiger partial charge in [0, 0.05) is 24.4 Å². The SMILES string of the molecule is CC(CC(c1ccccc1)c1ccccc1)N1CCC(C(=O)NCc2ccccc2)CC1. The van der Waals surface area contributed by atoms with Crippen LogP contribution in [0.3, 0.4) is 0 Å². The first kappa shape index (κ1) is 22.3. The lowest BCUT2D eigenvalue weighted by molar-refractivity contribution is -0.126. The lowest BCUT2D eigenvalue weighted by atomic mass is 9.85. The highest BCUT2D eigenvalue weighted by atomic mass is 16.1. The van der Waals surface area contributed by atoms with Gasteiger partial charge in [-0.1, -0.05) is 91.0 Å². The second kappa shape index (κ2) is 11.1. The van der Waals surface area contributed by atoms with Gasteiger partial charge in [0.2, 0.25) is 5.91 Å². The van der Waals surface area contributed by atoms with Crippen molar-refractivity contribution >= 4 is 5.91 Å². The summed E-state index contributed by atoms with van der Waals surface area (Å²) in [4.78, 5) is 15.2. The zero-order valence-electron chi connectivity index (χ0n) is 19.0. The first-order valence-electron chi connectivity index (χ1n) is 11.9. The van der Waals surface area contributed by atoms with E-state index in [1.807, 2.05) is 18.2 Å². The third kappa shape index (κ3) is 5.86. The summed E-state index contributed by atoms with van der Waals surface area (Å²) in [6.07, 6.45) is 2.96. The largest absolute Gasteiger partial charge is 0.352 e. The molecule has 0 radical (unpaired) electrons. The third-order valence-electron chi connectivity index (χ3n) is 6.81. The predicted octanol–water partition coefficient (Wildman–Crippen LogP) is 5.63. The van der Waals surface area contributed by atoms with Gasteiger partial charge in [0.05, 0.1) is 0 Å². The Hall–Kier alpha value is -2.91. The van der Waals surface area contributed by atoms with E-state index in [0.29, 0.717) is 18.5 Å². The topological polar surface area (TPSA) is 32.3 Å². The molecular formula is C29H34N2O. The molecule has 3 aromatic carbocycles. The van der Waals surface area contributed by atoms with Crippen molar-refractivity contribution in [1.82, 2.24) is 10.2 Å². The van der Waals surface area contributed by atoms with Gasteiger partial charge in [-0.15, -0.1) is 0 Å². The average Bonchev–Trinajstić information content (AvgIpc) is 2.87. The van der Waals surface area contributed by atoms with E-state index >= 15 is 0 Å². The Morgan fingerprint density at radius 1 is 0.844 bits per heavy atom. The molecule has 1 aliphatic rings. The summed E-state index contributed by atoms with van der Waals surface area (Å²) >= 11 is 0. The number of nitrogens with one attached hydrogen (secondary N) is 1. The molecule has 32 heavy (non-hydrogen) atoms. The van der Waals surface area contributed by atoms with Gasteiger partial charge in [-0.05, 0) is 56.0 Å². The van der Waals surface area contributed by atoms with Crippen LogP contribution in [-0.4, -0.2) is 29.9 Å². The molecule has 3 aromatic rings. The van der Waals surface area contributed by atoms with E-state index in [1.54, 1.807) is 0 Å². The van der Waals surface area contributed by atoms with Crippen LogP contribution in [0.15, 0.2) is 91.0 Å². The van der Waals surface area contributed by atoms with Crippen LogP contribution in [0.1, 0.15) is 48.8 Å². The van der Waals surface area contributed by atoms with Gasteiger partial charge in [0.25, 0.3) is 0 Å². The number of nitrogens with zero attached hydrogens (tertiary/aromatic N) is 1. The highest BCUT2D eigenvalue weighted by Crippen LogP contribution is 2.31. The molecule has 1 heterocycles. The van der Waals surface area contributed by atoms with Gasteiger partial charge < -0.3 is 10.2 Å². The number of piperidine rings is 1. The molecule has 3 nitrogen and oxygen atoms in total.